The van der Waals surface area contributed by atoms with Gasteiger partial charge in [-0.2, -0.15) is 0 Å². The predicted octanol–water partition coefficient (Wildman–Crippen LogP) is 4.02. The third kappa shape index (κ3) is 3.44. The van der Waals surface area contributed by atoms with Crippen LogP contribution in [0.5, 0.6) is 0 Å². The Morgan fingerprint density at radius 1 is 1.30 bits per heavy atom. The molecule has 0 radical (unpaired) electrons. The first-order chi connectivity index (χ1) is 9.67. The summed E-state index contributed by atoms with van der Waals surface area (Å²) in [5, 5.41) is 0. The summed E-state index contributed by atoms with van der Waals surface area (Å²) in [5.41, 5.74) is 6.46. The summed E-state index contributed by atoms with van der Waals surface area (Å²) in [6, 6.07) is 5.20. The second kappa shape index (κ2) is 7.28. The fraction of sp³-hybridized carbons (Fsp3) is 0.765. The zero-order valence-corrected chi connectivity index (χ0v) is 13.3. The van der Waals surface area contributed by atoms with E-state index >= 15 is 0 Å². The zero-order valence-electron chi connectivity index (χ0n) is 13.3. The molecule has 2 heterocycles. The van der Waals surface area contributed by atoms with Gasteiger partial charge in [0, 0.05) is 12.1 Å². The van der Waals surface area contributed by atoms with Crippen molar-refractivity contribution < 1.29 is 4.42 Å². The van der Waals surface area contributed by atoms with Crippen molar-refractivity contribution in [3.05, 3.63) is 23.7 Å². The van der Waals surface area contributed by atoms with Crippen LogP contribution in [-0.2, 0) is 0 Å². The number of likely N-dealkylation sites (tertiary alicyclic amines) is 1. The van der Waals surface area contributed by atoms with Crippen LogP contribution >= 0.6 is 0 Å². The van der Waals surface area contributed by atoms with E-state index in [9.17, 15) is 0 Å². The highest BCUT2D eigenvalue weighted by atomic mass is 16.3. The first-order valence-electron chi connectivity index (χ1n) is 8.25. The fourth-order valence-electron chi connectivity index (χ4n) is 3.46. The maximum absolute atomic E-state index is 6.46. The van der Waals surface area contributed by atoms with Crippen molar-refractivity contribution >= 4 is 0 Å². The zero-order chi connectivity index (χ0) is 14.5. The van der Waals surface area contributed by atoms with Gasteiger partial charge >= 0.3 is 0 Å². The molecule has 0 bridgehead atoms. The van der Waals surface area contributed by atoms with Crippen molar-refractivity contribution in [1.29, 1.82) is 0 Å². The molecule has 1 aliphatic rings. The third-order valence-electron chi connectivity index (χ3n) is 4.68. The number of hydrogen-bond acceptors (Lipinski definition) is 3. The lowest BCUT2D eigenvalue weighted by atomic mass is 9.98. The highest BCUT2D eigenvalue weighted by molar-refractivity contribution is 5.13. The molecule has 20 heavy (non-hydrogen) atoms. The largest absolute Gasteiger partial charge is 0.465 e. The molecule has 2 N–H and O–H groups in total. The molecule has 0 amide bonds. The fourth-order valence-corrected chi connectivity index (χ4v) is 3.46. The maximum Gasteiger partial charge on any atom is 0.122 e. The Kier molecular flexibility index (Phi) is 5.67. The minimum Gasteiger partial charge on any atom is -0.465 e. The van der Waals surface area contributed by atoms with Gasteiger partial charge in [-0.05, 0) is 51.3 Å². The molecule has 1 aromatic rings. The van der Waals surface area contributed by atoms with Crippen LogP contribution in [0.2, 0.25) is 0 Å². The highest BCUT2D eigenvalue weighted by Crippen LogP contribution is 2.33. The normalized spacial score (nSPS) is 24.3. The van der Waals surface area contributed by atoms with Gasteiger partial charge in [-0.25, -0.2) is 0 Å². The summed E-state index contributed by atoms with van der Waals surface area (Å²) in [7, 11) is 0. The SMILES string of the molecule is CCC(N)C(c1ccc(C)o1)N1CCCCCC1CC. The third-order valence-corrected chi connectivity index (χ3v) is 4.68. The minimum absolute atomic E-state index is 0.146. The van der Waals surface area contributed by atoms with Crippen molar-refractivity contribution in [1.82, 2.24) is 4.90 Å². The van der Waals surface area contributed by atoms with E-state index in [1.54, 1.807) is 0 Å². The first kappa shape index (κ1) is 15.6. The number of hydrogen-bond donors (Lipinski definition) is 1. The topological polar surface area (TPSA) is 42.4 Å². The van der Waals surface area contributed by atoms with Gasteiger partial charge in [0.25, 0.3) is 0 Å². The summed E-state index contributed by atoms with van der Waals surface area (Å²) in [6.45, 7) is 7.63. The van der Waals surface area contributed by atoms with E-state index in [1.165, 1.54) is 32.1 Å². The molecule has 0 saturated carbocycles. The lowest BCUT2D eigenvalue weighted by Crippen LogP contribution is -2.45. The Morgan fingerprint density at radius 3 is 2.70 bits per heavy atom. The van der Waals surface area contributed by atoms with Crippen LogP contribution in [-0.4, -0.2) is 23.5 Å². The molecule has 0 aromatic carbocycles. The van der Waals surface area contributed by atoms with E-state index in [0.29, 0.717) is 6.04 Å². The second-order valence-electron chi connectivity index (χ2n) is 6.11. The molecule has 3 heteroatoms. The second-order valence-corrected chi connectivity index (χ2v) is 6.11. The van der Waals surface area contributed by atoms with Crippen molar-refractivity contribution in [2.24, 2.45) is 5.73 Å². The molecular weight excluding hydrogens is 248 g/mol. The molecule has 3 nitrogen and oxygen atoms in total. The van der Waals surface area contributed by atoms with E-state index in [-0.39, 0.29) is 12.1 Å². The molecule has 1 aromatic heterocycles. The van der Waals surface area contributed by atoms with Crippen LogP contribution in [0.4, 0.5) is 0 Å². The smallest absolute Gasteiger partial charge is 0.122 e. The van der Waals surface area contributed by atoms with Crippen LogP contribution in [0.3, 0.4) is 0 Å². The van der Waals surface area contributed by atoms with Gasteiger partial charge < -0.3 is 10.2 Å². The Labute approximate surface area is 123 Å². The molecule has 1 saturated heterocycles. The van der Waals surface area contributed by atoms with Gasteiger partial charge in [0.15, 0.2) is 0 Å². The minimum atomic E-state index is 0.146. The molecule has 0 spiro atoms. The lowest BCUT2D eigenvalue weighted by Gasteiger charge is -2.38. The van der Waals surface area contributed by atoms with Crippen molar-refractivity contribution in [3.63, 3.8) is 0 Å². The van der Waals surface area contributed by atoms with E-state index in [1.807, 2.05) is 6.92 Å². The van der Waals surface area contributed by atoms with Crippen LogP contribution < -0.4 is 5.73 Å². The van der Waals surface area contributed by atoms with Crippen LogP contribution in [0.1, 0.15) is 69.9 Å². The van der Waals surface area contributed by atoms with Gasteiger partial charge in [0.1, 0.15) is 11.5 Å². The average molecular weight is 278 g/mol. The Morgan fingerprint density at radius 2 is 2.10 bits per heavy atom. The number of aryl methyl sites for hydroxylation is 1. The van der Waals surface area contributed by atoms with E-state index in [0.717, 1.165) is 24.5 Å². The molecule has 0 aliphatic carbocycles. The summed E-state index contributed by atoms with van der Waals surface area (Å²) in [4.78, 5) is 2.62. The van der Waals surface area contributed by atoms with Crippen LogP contribution in [0.15, 0.2) is 16.5 Å². The summed E-state index contributed by atoms with van der Waals surface area (Å²) >= 11 is 0. The van der Waals surface area contributed by atoms with Crippen LogP contribution in [0.25, 0.3) is 0 Å². The Balaban J connectivity index is 2.28. The number of furan rings is 1. The van der Waals surface area contributed by atoms with Gasteiger partial charge in [-0.1, -0.05) is 26.7 Å². The van der Waals surface area contributed by atoms with E-state index < -0.39 is 0 Å². The molecule has 3 unspecified atom stereocenters. The average Bonchev–Trinajstić information content (AvgIpc) is 2.74. The molecule has 2 rings (SSSR count). The lowest BCUT2D eigenvalue weighted by molar-refractivity contribution is 0.0957. The molecule has 1 fully saturated rings. The van der Waals surface area contributed by atoms with Crippen molar-refractivity contribution in [2.75, 3.05) is 6.54 Å². The maximum atomic E-state index is 6.46. The van der Waals surface area contributed by atoms with Gasteiger partial charge in [0.2, 0.25) is 0 Å². The highest BCUT2D eigenvalue weighted by Gasteiger charge is 2.33. The summed E-state index contributed by atoms with van der Waals surface area (Å²) in [6.07, 6.45) is 7.45. The summed E-state index contributed by atoms with van der Waals surface area (Å²) in [5.74, 6) is 2.04. The monoisotopic (exact) mass is 278 g/mol. The number of rotatable bonds is 5. The van der Waals surface area contributed by atoms with Crippen molar-refractivity contribution in [3.8, 4) is 0 Å². The Bertz CT molecular complexity index is 401. The number of nitrogens with two attached hydrogens (primary N) is 1. The van der Waals surface area contributed by atoms with E-state index in [2.05, 4.69) is 30.9 Å². The van der Waals surface area contributed by atoms with Crippen molar-refractivity contribution in [2.45, 2.75) is 77.4 Å². The molecule has 3 atom stereocenters. The first-order valence-corrected chi connectivity index (χ1v) is 8.25. The van der Waals surface area contributed by atoms with Gasteiger partial charge in [-0.15, -0.1) is 0 Å². The summed E-state index contributed by atoms with van der Waals surface area (Å²) < 4.78 is 5.93. The van der Waals surface area contributed by atoms with E-state index in [4.69, 9.17) is 10.2 Å². The van der Waals surface area contributed by atoms with Gasteiger partial charge in [0.05, 0.1) is 6.04 Å². The standard InChI is InChI=1S/C17H30N2O/c1-4-14-9-7-6-8-12-19(14)17(15(18)5-2)16-11-10-13(3)20-16/h10-11,14-15,17H,4-9,12,18H2,1-3H3. The quantitative estimate of drug-likeness (QED) is 0.884. The van der Waals surface area contributed by atoms with Crippen LogP contribution in [0, 0.1) is 6.92 Å². The molecule has 1 aliphatic heterocycles. The van der Waals surface area contributed by atoms with Gasteiger partial charge in [-0.3, -0.25) is 4.90 Å². The Hall–Kier alpha value is -0.800. The number of nitrogens with zero attached hydrogens (tertiary/aromatic N) is 1. The predicted molar refractivity (Wildman–Crippen MR) is 83.7 cm³/mol. The molecule has 114 valence electrons. The molecular formula is C17H30N2O.